The highest BCUT2D eigenvalue weighted by atomic mass is 19.1. The van der Waals surface area contributed by atoms with E-state index in [-0.39, 0.29) is 5.82 Å². The van der Waals surface area contributed by atoms with Gasteiger partial charge >= 0.3 is 6.09 Å². The van der Waals surface area contributed by atoms with Crippen LogP contribution in [-0.4, -0.2) is 12.6 Å². The number of rotatable bonds is 7. The van der Waals surface area contributed by atoms with Crippen molar-refractivity contribution in [3.05, 3.63) is 53.8 Å². The van der Waals surface area contributed by atoms with Crippen LogP contribution in [0.25, 0.3) is 11.1 Å². The Labute approximate surface area is 142 Å². The third-order valence-corrected chi connectivity index (χ3v) is 3.78. The highest BCUT2D eigenvalue weighted by Crippen LogP contribution is 2.26. The van der Waals surface area contributed by atoms with E-state index in [2.05, 4.69) is 12.2 Å². The van der Waals surface area contributed by atoms with Crippen molar-refractivity contribution in [2.24, 2.45) is 0 Å². The van der Waals surface area contributed by atoms with Crippen LogP contribution >= 0.6 is 0 Å². The van der Waals surface area contributed by atoms with E-state index in [0.717, 1.165) is 24.8 Å². The second-order valence-corrected chi connectivity index (χ2v) is 5.89. The number of amides is 1. The molecule has 0 bridgehead atoms. The topological polar surface area (TPSA) is 38.3 Å². The van der Waals surface area contributed by atoms with Gasteiger partial charge in [-0.15, -0.1) is 0 Å². The summed E-state index contributed by atoms with van der Waals surface area (Å²) in [6.45, 7) is 4.59. The summed E-state index contributed by atoms with van der Waals surface area (Å²) >= 11 is 0. The first-order valence-electron chi connectivity index (χ1n) is 8.42. The van der Waals surface area contributed by atoms with Gasteiger partial charge in [0.15, 0.2) is 0 Å². The number of ether oxygens (including phenoxy) is 1. The van der Waals surface area contributed by atoms with Crippen molar-refractivity contribution in [2.75, 3.05) is 6.54 Å². The Balaban J connectivity index is 1.96. The van der Waals surface area contributed by atoms with Gasteiger partial charge in [-0.1, -0.05) is 50.5 Å². The standard InChI is InChI=1S/C20H24FNO2/c1-3-4-5-6-12-22-20(23)24-17-9-7-8-16(14-17)18-11-10-15(2)13-19(18)21/h7-11,13-14H,3-6,12H2,1-2H3,(H,22,23). The van der Waals surface area contributed by atoms with Gasteiger partial charge in [-0.05, 0) is 42.7 Å². The molecule has 1 amide bonds. The minimum atomic E-state index is -0.479. The van der Waals surface area contributed by atoms with Gasteiger partial charge in [0, 0.05) is 12.1 Å². The Morgan fingerprint density at radius 1 is 1.12 bits per heavy atom. The summed E-state index contributed by atoms with van der Waals surface area (Å²) in [6.07, 6.45) is 3.89. The van der Waals surface area contributed by atoms with E-state index >= 15 is 0 Å². The molecule has 24 heavy (non-hydrogen) atoms. The minimum Gasteiger partial charge on any atom is -0.410 e. The monoisotopic (exact) mass is 329 g/mol. The highest BCUT2D eigenvalue weighted by Gasteiger charge is 2.08. The number of hydrogen-bond donors (Lipinski definition) is 1. The SMILES string of the molecule is CCCCCCNC(=O)Oc1cccc(-c2ccc(C)cc2F)c1. The molecule has 0 fully saturated rings. The van der Waals surface area contributed by atoms with Gasteiger partial charge in [0.25, 0.3) is 0 Å². The lowest BCUT2D eigenvalue weighted by Gasteiger charge is -2.09. The minimum absolute atomic E-state index is 0.285. The zero-order chi connectivity index (χ0) is 17.4. The van der Waals surface area contributed by atoms with Crippen molar-refractivity contribution < 1.29 is 13.9 Å². The fraction of sp³-hybridized carbons (Fsp3) is 0.350. The summed E-state index contributed by atoms with van der Waals surface area (Å²) in [4.78, 5) is 11.8. The maximum Gasteiger partial charge on any atom is 0.412 e. The van der Waals surface area contributed by atoms with Crippen LogP contribution in [0.15, 0.2) is 42.5 Å². The molecule has 0 aliphatic heterocycles. The molecular weight excluding hydrogens is 305 g/mol. The van der Waals surface area contributed by atoms with E-state index in [4.69, 9.17) is 4.74 Å². The van der Waals surface area contributed by atoms with E-state index in [9.17, 15) is 9.18 Å². The van der Waals surface area contributed by atoms with Crippen LogP contribution < -0.4 is 10.1 Å². The van der Waals surface area contributed by atoms with Gasteiger partial charge in [-0.25, -0.2) is 9.18 Å². The number of carbonyl (C=O) groups excluding carboxylic acids is 1. The lowest BCUT2D eigenvalue weighted by Crippen LogP contribution is -2.27. The summed E-state index contributed by atoms with van der Waals surface area (Å²) in [6, 6.07) is 12.0. The predicted molar refractivity (Wildman–Crippen MR) is 94.7 cm³/mol. The first-order chi connectivity index (χ1) is 11.6. The average Bonchev–Trinajstić information content (AvgIpc) is 2.55. The fourth-order valence-corrected chi connectivity index (χ4v) is 2.47. The Bertz CT molecular complexity index is 685. The molecule has 4 heteroatoms. The van der Waals surface area contributed by atoms with E-state index in [1.807, 2.05) is 13.0 Å². The molecule has 0 radical (unpaired) electrons. The summed E-state index contributed by atoms with van der Waals surface area (Å²) in [5.74, 6) is 0.117. The van der Waals surface area contributed by atoms with Crippen molar-refractivity contribution in [3.8, 4) is 16.9 Å². The van der Waals surface area contributed by atoms with Crippen molar-refractivity contribution in [3.63, 3.8) is 0 Å². The molecule has 2 aromatic rings. The molecule has 1 N–H and O–H groups in total. The molecule has 0 spiro atoms. The van der Waals surface area contributed by atoms with Crippen LogP contribution in [0.5, 0.6) is 5.75 Å². The van der Waals surface area contributed by atoms with Crippen LogP contribution in [0.3, 0.4) is 0 Å². The first-order valence-corrected chi connectivity index (χ1v) is 8.42. The second-order valence-electron chi connectivity index (χ2n) is 5.89. The van der Waals surface area contributed by atoms with Crippen LogP contribution in [0.4, 0.5) is 9.18 Å². The van der Waals surface area contributed by atoms with Crippen LogP contribution in [0, 0.1) is 12.7 Å². The zero-order valence-corrected chi connectivity index (χ0v) is 14.3. The number of hydrogen-bond acceptors (Lipinski definition) is 2. The third-order valence-electron chi connectivity index (χ3n) is 3.78. The van der Waals surface area contributed by atoms with Gasteiger partial charge in [-0.2, -0.15) is 0 Å². The Hall–Kier alpha value is -2.36. The average molecular weight is 329 g/mol. The number of nitrogens with one attached hydrogen (secondary N) is 1. The molecule has 2 aromatic carbocycles. The largest absolute Gasteiger partial charge is 0.412 e. The first kappa shape index (κ1) is 18.0. The smallest absolute Gasteiger partial charge is 0.410 e. The van der Waals surface area contributed by atoms with E-state index in [1.54, 1.807) is 30.3 Å². The van der Waals surface area contributed by atoms with Crippen molar-refractivity contribution in [2.45, 2.75) is 39.5 Å². The van der Waals surface area contributed by atoms with Gasteiger partial charge in [0.1, 0.15) is 11.6 Å². The molecule has 0 atom stereocenters. The van der Waals surface area contributed by atoms with Crippen molar-refractivity contribution >= 4 is 6.09 Å². The number of carbonyl (C=O) groups is 1. The molecule has 0 aromatic heterocycles. The lowest BCUT2D eigenvalue weighted by molar-refractivity contribution is 0.200. The molecule has 0 aliphatic carbocycles. The second kappa shape index (κ2) is 9.06. The molecule has 128 valence electrons. The number of unbranched alkanes of at least 4 members (excludes halogenated alkanes) is 3. The molecular formula is C20H24FNO2. The number of aryl methyl sites for hydroxylation is 1. The van der Waals surface area contributed by atoms with Gasteiger partial charge < -0.3 is 10.1 Å². The summed E-state index contributed by atoms with van der Waals surface area (Å²) in [5.41, 5.74) is 2.04. The van der Waals surface area contributed by atoms with E-state index in [1.165, 1.54) is 12.5 Å². The van der Waals surface area contributed by atoms with E-state index in [0.29, 0.717) is 23.4 Å². The molecule has 2 rings (SSSR count). The maximum absolute atomic E-state index is 14.1. The summed E-state index contributed by atoms with van der Waals surface area (Å²) in [7, 11) is 0. The normalized spacial score (nSPS) is 10.5. The van der Waals surface area contributed by atoms with Gasteiger partial charge in [0.05, 0.1) is 0 Å². The van der Waals surface area contributed by atoms with Crippen LogP contribution in [-0.2, 0) is 0 Å². The Morgan fingerprint density at radius 3 is 2.71 bits per heavy atom. The molecule has 0 saturated carbocycles. The predicted octanol–water partition coefficient (Wildman–Crippen LogP) is 5.47. The number of benzene rings is 2. The molecule has 0 unspecified atom stereocenters. The summed E-state index contributed by atoms with van der Waals surface area (Å²) in [5, 5.41) is 2.73. The number of halogens is 1. The maximum atomic E-state index is 14.1. The van der Waals surface area contributed by atoms with Crippen molar-refractivity contribution in [1.82, 2.24) is 5.32 Å². The molecule has 0 saturated heterocycles. The van der Waals surface area contributed by atoms with Gasteiger partial charge in [0.2, 0.25) is 0 Å². The molecule has 3 nitrogen and oxygen atoms in total. The Kier molecular flexibility index (Phi) is 6.79. The summed E-state index contributed by atoms with van der Waals surface area (Å²) < 4.78 is 19.4. The van der Waals surface area contributed by atoms with Crippen LogP contribution in [0.2, 0.25) is 0 Å². The quantitative estimate of drug-likeness (QED) is 0.684. The molecule has 0 aliphatic rings. The highest BCUT2D eigenvalue weighted by molar-refractivity contribution is 5.72. The van der Waals surface area contributed by atoms with Crippen molar-refractivity contribution in [1.29, 1.82) is 0 Å². The lowest BCUT2D eigenvalue weighted by atomic mass is 10.0. The van der Waals surface area contributed by atoms with Gasteiger partial charge in [-0.3, -0.25) is 0 Å². The van der Waals surface area contributed by atoms with Crippen LogP contribution in [0.1, 0.15) is 38.2 Å². The zero-order valence-electron chi connectivity index (χ0n) is 14.3. The Morgan fingerprint density at radius 2 is 1.96 bits per heavy atom. The van der Waals surface area contributed by atoms with E-state index < -0.39 is 6.09 Å². The fourth-order valence-electron chi connectivity index (χ4n) is 2.47. The third kappa shape index (κ3) is 5.37. The molecule has 0 heterocycles.